The summed E-state index contributed by atoms with van der Waals surface area (Å²) in [7, 11) is 2.18. The molecule has 2 aromatic carbocycles. The number of hydrogen-bond acceptors (Lipinski definition) is 5. The molecule has 1 fully saturated rings. The molecule has 2 atom stereocenters. The fourth-order valence-corrected chi connectivity index (χ4v) is 5.11. The van der Waals surface area contributed by atoms with Crippen LogP contribution in [-0.2, 0) is 6.42 Å². The van der Waals surface area contributed by atoms with Crippen molar-refractivity contribution in [1.82, 2.24) is 15.2 Å². The molecule has 0 bridgehead atoms. The lowest BCUT2D eigenvalue weighted by atomic mass is 9.93. The predicted molar refractivity (Wildman–Crippen MR) is 139 cm³/mol. The molecule has 6 heteroatoms. The van der Waals surface area contributed by atoms with Crippen molar-refractivity contribution in [2.24, 2.45) is 0 Å². The van der Waals surface area contributed by atoms with Gasteiger partial charge in [-0.2, -0.15) is 4.39 Å². The Balaban J connectivity index is 1.46. The van der Waals surface area contributed by atoms with Crippen LogP contribution in [0.25, 0.3) is 28.0 Å². The fraction of sp³-hybridized carbons (Fsp3) is 0.321. The van der Waals surface area contributed by atoms with Gasteiger partial charge in [-0.25, -0.2) is 4.98 Å². The number of benzene rings is 2. The largest absolute Gasteiger partial charge is 0.385 e. The molecule has 0 aliphatic carbocycles. The van der Waals surface area contributed by atoms with E-state index in [-0.39, 0.29) is 5.82 Å². The van der Waals surface area contributed by atoms with Crippen molar-refractivity contribution in [2.45, 2.75) is 32.4 Å². The number of nitrogen functional groups attached to an aromatic ring is 1. The topological polar surface area (TPSA) is 57.4 Å². The first-order valence-electron chi connectivity index (χ1n) is 11.9. The van der Waals surface area contributed by atoms with Crippen LogP contribution in [0.4, 0.5) is 15.9 Å². The maximum atomic E-state index is 14.9. The number of likely N-dealkylation sites (N-methyl/N-ethyl adjacent to an activating group) is 1. The molecule has 1 aromatic heterocycles. The average Bonchev–Trinajstić information content (AvgIpc) is 2.82. The van der Waals surface area contributed by atoms with Crippen LogP contribution in [0.15, 0.2) is 55.1 Å². The maximum Gasteiger partial charge on any atom is 0.222 e. The highest BCUT2D eigenvalue weighted by Gasteiger charge is 2.26. The van der Waals surface area contributed by atoms with E-state index < -0.39 is 5.95 Å². The third-order valence-electron chi connectivity index (χ3n) is 7.38. The van der Waals surface area contributed by atoms with Gasteiger partial charge in [-0.1, -0.05) is 36.9 Å². The number of nitrogens with one attached hydrogen (secondary N) is 1. The Hall–Kier alpha value is -3.38. The summed E-state index contributed by atoms with van der Waals surface area (Å²) in [4.78, 5) is 8.87. The molecule has 0 radical (unpaired) electrons. The Labute approximate surface area is 201 Å². The summed E-state index contributed by atoms with van der Waals surface area (Å²) >= 11 is 0. The third kappa shape index (κ3) is 4.03. The molecule has 3 heterocycles. The number of halogens is 1. The van der Waals surface area contributed by atoms with Gasteiger partial charge in [-0.05, 0) is 62.2 Å². The zero-order valence-corrected chi connectivity index (χ0v) is 20.1. The Bertz CT molecular complexity index is 1220. The summed E-state index contributed by atoms with van der Waals surface area (Å²) in [6.45, 7) is 11.4. The van der Waals surface area contributed by atoms with E-state index in [1.807, 2.05) is 24.3 Å². The van der Waals surface area contributed by atoms with Gasteiger partial charge in [0.1, 0.15) is 5.82 Å². The van der Waals surface area contributed by atoms with E-state index in [4.69, 9.17) is 5.73 Å². The van der Waals surface area contributed by atoms with Gasteiger partial charge in [-0.15, -0.1) is 0 Å². The average molecular weight is 458 g/mol. The minimum Gasteiger partial charge on any atom is -0.385 e. The number of piperazine rings is 1. The molecule has 2 aliphatic heterocycles. The van der Waals surface area contributed by atoms with Crippen molar-refractivity contribution in [1.29, 1.82) is 0 Å². The van der Waals surface area contributed by atoms with Crippen LogP contribution in [0.3, 0.4) is 0 Å². The van der Waals surface area contributed by atoms with Gasteiger partial charge in [-0.3, -0.25) is 4.90 Å². The standard InChI is InChI=1S/C28H32FN5/c1-17-15-34(16-18(2)33(17)4)23-8-5-20(6-9-23)25-14-26(28(30)32-27(25)29)21-7-10-24-19(3)31-12-11-22(24)13-21/h5-10,13-14,17-18,31H,3,11-12,15-16H2,1-2,4H3,(H2,30,32)/t17-,18?/m0/s1. The normalized spacial score (nSPS) is 20.7. The molecule has 176 valence electrons. The molecule has 0 spiro atoms. The summed E-state index contributed by atoms with van der Waals surface area (Å²) in [6, 6.07) is 17.1. The van der Waals surface area contributed by atoms with Gasteiger partial charge in [0.25, 0.3) is 0 Å². The van der Waals surface area contributed by atoms with Crippen LogP contribution in [-0.4, -0.2) is 48.6 Å². The zero-order chi connectivity index (χ0) is 24.0. The van der Waals surface area contributed by atoms with Gasteiger partial charge in [0.2, 0.25) is 5.95 Å². The number of anilines is 2. The Morgan fingerprint density at radius 2 is 1.65 bits per heavy atom. The molecule has 34 heavy (non-hydrogen) atoms. The minimum absolute atomic E-state index is 0.200. The lowest BCUT2D eigenvalue weighted by Crippen LogP contribution is -2.55. The van der Waals surface area contributed by atoms with Crippen LogP contribution in [0.5, 0.6) is 0 Å². The van der Waals surface area contributed by atoms with E-state index in [2.05, 4.69) is 71.8 Å². The monoisotopic (exact) mass is 457 g/mol. The molecule has 3 N–H and O–H groups in total. The fourth-order valence-electron chi connectivity index (χ4n) is 5.11. The first kappa shape index (κ1) is 22.4. The molecule has 0 amide bonds. The lowest BCUT2D eigenvalue weighted by Gasteiger charge is -2.43. The molecule has 2 aliphatic rings. The van der Waals surface area contributed by atoms with Crippen LogP contribution < -0.4 is 16.0 Å². The summed E-state index contributed by atoms with van der Waals surface area (Å²) < 4.78 is 14.9. The van der Waals surface area contributed by atoms with E-state index in [0.717, 1.165) is 59.7 Å². The quantitative estimate of drug-likeness (QED) is 0.554. The maximum absolute atomic E-state index is 14.9. The second-order valence-corrected chi connectivity index (χ2v) is 9.60. The van der Waals surface area contributed by atoms with Crippen LogP contribution in [0.2, 0.25) is 0 Å². The smallest absolute Gasteiger partial charge is 0.222 e. The van der Waals surface area contributed by atoms with Crippen LogP contribution in [0.1, 0.15) is 25.0 Å². The highest BCUT2D eigenvalue weighted by molar-refractivity contribution is 5.82. The van der Waals surface area contributed by atoms with E-state index in [1.165, 1.54) is 5.56 Å². The van der Waals surface area contributed by atoms with Crippen LogP contribution in [0, 0.1) is 5.95 Å². The van der Waals surface area contributed by atoms with E-state index in [0.29, 0.717) is 17.6 Å². The number of nitrogens with two attached hydrogens (primary N) is 1. The van der Waals surface area contributed by atoms with E-state index in [9.17, 15) is 4.39 Å². The first-order valence-corrected chi connectivity index (χ1v) is 11.9. The van der Waals surface area contributed by atoms with E-state index >= 15 is 0 Å². The molecular weight excluding hydrogens is 425 g/mol. The molecule has 5 rings (SSSR count). The SMILES string of the molecule is C=C1NCCc2cc(-c3cc(-c4ccc(N5CC(C)N(C)[C@@H](C)C5)cc4)c(F)nc3N)ccc21. The molecule has 1 unspecified atom stereocenters. The van der Waals surface area contributed by atoms with Gasteiger partial charge >= 0.3 is 0 Å². The van der Waals surface area contributed by atoms with Gasteiger partial charge in [0.15, 0.2) is 0 Å². The minimum atomic E-state index is -0.550. The van der Waals surface area contributed by atoms with Crippen molar-refractivity contribution in [2.75, 3.05) is 37.3 Å². The Morgan fingerprint density at radius 3 is 2.35 bits per heavy atom. The highest BCUT2D eigenvalue weighted by atomic mass is 19.1. The Morgan fingerprint density at radius 1 is 0.971 bits per heavy atom. The predicted octanol–water partition coefficient (Wildman–Crippen LogP) is 4.78. The molecule has 0 saturated carbocycles. The second kappa shape index (κ2) is 8.76. The van der Waals surface area contributed by atoms with E-state index in [1.54, 1.807) is 0 Å². The van der Waals surface area contributed by atoms with Gasteiger partial charge < -0.3 is 16.0 Å². The number of nitrogens with zero attached hydrogens (tertiary/aromatic N) is 3. The number of rotatable bonds is 3. The highest BCUT2D eigenvalue weighted by Crippen LogP contribution is 2.35. The summed E-state index contributed by atoms with van der Waals surface area (Å²) in [6.07, 6.45) is 0.911. The second-order valence-electron chi connectivity index (χ2n) is 9.60. The van der Waals surface area contributed by atoms with Crippen molar-refractivity contribution < 1.29 is 4.39 Å². The molecule has 1 saturated heterocycles. The van der Waals surface area contributed by atoms with Gasteiger partial charge in [0, 0.05) is 59.8 Å². The van der Waals surface area contributed by atoms with Crippen molar-refractivity contribution in [3.8, 4) is 22.3 Å². The van der Waals surface area contributed by atoms with Crippen molar-refractivity contribution in [3.63, 3.8) is 0 Å². The number of hydrogen-bond donors (Lipinski definition) is 2. The Kier molecular flexibility index (Phi) is 5.78. The summed E-state index contributed by atoms with van der Waals surface area (Å²) in [5.41, 5.74) is 13.5. The first-order chi connectivity index (χ1) is 16.3. The summed E-state index contributed by atoms with van der Waals surface area (Å²) in [5, 5.41) is 3.30. The molecular formula is C28H32FN5. The zero-order valence-electron chi connectivity index (χ0n) is 20.1. The lowest BCUT2D eigenvalue weighted by molar-refractivity contribution is 0.170. The number of aromatic nitrogens is 1. The van der Waals surface area contributed by atoms with Crippen molar-refractivity contribution in [3.05, 3.63) is 72.2 Å². The summed E-state index contributed by atoms with van der Waals surface area (Å²) in [5.74, 6) is -0.350. The third-order valence-corrected chi connectivity index (χ3v) is 7.38. The van der Waals surface area contributed by atoms with Gasteiger partial charge in [0.05, 0.1) is 0 Å². The molecule has 5 nitrogen and oxygen atoms in total. The number of fused-ring (bicyclic) bond motifs is 1. The number of pyridine rings is 1. The molecule has 3 aromatic rings. The van der Waals surface area contributed by atoms with Crippen LogP contribution >= 0.6 is 0 Å². The van der Waals surface area contributed by atoms with Crippen molar-refractivity contribution >= 4 is 17.2 Å².